The van der Waals surface area contributed by atoms with Gasteiger partial charge in [0.05, 0.1) is 0 Å². The number of halogens is 1. The standard InChI is InChI=1S/C17H27N3O.ClH/c1-14-13-15(9-11-18-14)17(21)19-10-6-12-20(2)16-7-4-3-5-8-16;/h3-5,7-8,14-15,18H,6,9-13H2,1-2H3,(H,19,21);1H/t14-,15-;/m0./s1. The molecule has 1 aliphatic rings. The molecule has 2 N–H and O–H groups in total. The molecule has 0 saturated carbocycles. The Labute approximate surface area is 140 Å². The van der Waals surface area contributed by atoms with Crippen LogP contribution in [0.5, 0.6) is 0 Å². The molecule has 1 fully saturated rings. The molecule has 1 heterocycles. The molecular weight excluding hydrogens is 298 g/mol. The van der Waals surface area contributed by atoms with Crippen LogP contribution in [0.4, 0.5) is 5.69 Å². The molecule has 124 valence electrons. The molecule has 0 radical (unpaired) electrons. The van der Waals surface area contributed by atoms with Gasteiger partial charge in [-0.05, 0) is 44.9 Å². The van der Waals surface area contributed by atoms with Crippen LogP contribution in [0.1, 0.15) is 26.2 Å². The topological polar surface area (TPSA) is 44.4 Å². The van der Waals surface area contributed by atoms with Gasteiger partial charge in [0.25, 0.3) is 0 Å². The van der Waals surface area contributed by atoms with Gasteiger partial charge in [-0.2, -0.15) is 0 Å². The Balaban J connectivity index is 0.00000242. The molecule has 5 heteroatoms. The summed E-state index contributed by atoms with van der Waals surface area (Å²) in [5.74, 6) is 0.416. The maximum Gasteiger partial charge on any atom is 0.223 e. The van der Waals surface area contributed by atoms with Gasteiger partial charge in [-0.3, -0.25) is 4.79 Å². The van der Waals surface area contributed by atoms with E-state index in [4.69, 9.17) is 0 Å². The highest BCUT2D eigenvalue weighted by molar-refractivity contribution is 5.85. The molecule has 2 rings (SSSR count). The molecule has 2 atom stereocenters. The Hall–Kier alpha value is -1.26. The third-order valence-electron chi connectivity index (χ3n) is 4.16. The second-order valence-corrected chi connectivity index (χ2v) is 5.98. The van der Waals surface area contributed by atoms with Gasteiger partial charge in [0.15, 0.2) is 0 Å². The van der Waals surface area contributed by atoms with Gasteiger partial charge in [-0.25, -0.2) is 0 Å². The number of anilines is 1. The van der Waals surface area contributed by atoms with Gasteiger partial charge >= 0.3 is 0 Å². The molecule has 4 nitrogen and oxygen atoms in total. The second kappa shape index (κ2) is 9.70. The number of amides is 1. The lowest BCUT2D eigenvalue weighted by molar-refractivity contribution is -0.126. The number of benzene rings is 1. The van der Waals surface area contributed by atoms with Crippen molar-refractivity contribution in [3.8, 4) is 0 Å². The van der Waals surface area contributed by atoms with Crippen LogP contribution in [0.3, 0.4) is 0 Å². The van der Waals surface area contributed by atoms with E-state index in [0.29, 0.717) is 6.04 Å². The number of hydrogen-bond acceptors (Lipinski definition) is 3. The zero-order chi connectivity index (χ0) is 15.1. The molecule has 0 aliphatic carbocycles. The van der Waals surface area contributed by atoms with Crippen LogP contribution < -0.4 is 15.5 Å². The van der Waals surface area contributed by atoms with Gasteiger partial charge in [0.1, 0.15) is 0 Å². The molecule has 1 saturated heterocycles. The number of carbonyl (C=O) groups is 1. The van der Waals surface area contributed by atoms with Gasteiger partial charge in [-0.15, -0.1) is 12.4 Å². The highest BCUT2D eigenvalue weighted by Gasteiger charge is 2.24. The fraction of sp³-hybridized carbons (Fsp3) is 0.588. The first-order chi connectivity index (χ1) is 10.2. The molecule has 1 aromatic rings. The summed E-state index contributed by atoms with van der Waals surface area (Å²) < 4.78 is 0. The van der Waals surface area contributed by atoms with Gasteiger partial charge in [0, 0.05) is 37.8 Å². The molecular formula is C17H28ClN3O. The van der Waals surface area contributed by atoms with Crippen molar-refractivity contribution in [3.05, 3.63) is 30.3 Å². The number of para-hydroxylation sites is 1. The van der Waals surface area contributed by atoms with E-state index in [-0.39, 0.29) is 24.2 Å². The minimum Gasteiger partial charge on any atom is -0.375 e. The normalized spacial score (nSPS) is 20.8. The van der Waals surface area contributed by atoms with Gasteiger partial charge < -0.3 is 15.5 Å². The van der Waals surface area contributed by atoms with Crippen LogP contribution in [-0.4, -0.2) is 38.6 Å². The lowest BCUT2D eigenvalue weighted by atomic mass is 9.92. The Morgan fingerprint density at radius 2 is 2.09 bits per heavy atom. The zero-order valence-electron chi connectivity index (χ0n) is 13.5. The lowest BCUT2D eigenvalue weighted by Crippen LogP contribution is -2.42. The molecule has 0 aromatic heterocycles. The van der Waals surface area contributed by atoms with Gasteiger partial charge in [0.2, 0.25) is 5.91 Å². The maximum atomic E-state index is 12.1. The average molecular weight is 326 g/mol. The third kappa shape index (κ3) is 5.85. The first kappa shape index (κ1) is 18.8. The number of carbonyl (C=O) groups excluding carboxylic acids is 1. The predicted molar refractivity (Wildman–Crippen MR) is 94.8 cm³/mol. The number of nitrogens with one attached hydrogen (secondary N) is 2. The quantitative estimate of drug-likeness (QED) is 0.790. The first-order valence-electron chi connectivity index (χ1n) is 7.94. The molecule has 0 unspecified atom stereocenters. The Kier molecular flexibility index (Phi) is 8.28. The highest BCUT2D eigenvalue weighted by Crippen LogP contribution is 2.16. The average Bonchev–Trinajstić information content (AvgIpc) is 2.52. The summed E-state index contributed by atoms with van der Waals surface area (Å²) in [5.41, 5.74) is 1.22. The number of hydrogen-bond donors (Lipinski definition) is 2. The van der Waals surface area contributed by atoms with Crippen LogP contribution in [0, 0.1) is 5.92 Å². The summed E-state index contributed by atoms with van der Waals surface area (Å²) in [4.78, 5) is 14.3. The van der Waals surface area contributed by atoms with Crippen molar-refractivity contribution in [2.75, 3.05) is 31.6 Å². The fourth-order valence-corrected chi connectivity index (χ4v) is 2.85. The number of rotatable bonds is 6. The molecule has 22 heavy (non-hydrogen) atoms. The SMILES string of the molecule is C[C@H]1C[C@@H](C(=O)NCCCN(C)c2ccccc2)CCN1.Cl. The van der Waals surface area contributed by atoms with Crippen LogP contribution in [0.2, 0.25) is 0 Å². The number of piperidine rings is 1. The summed E-state index contributed by atoms with van der Waals surface area (Å²) in [6, 6.07) is 10.8. The van der Waals surface area contributed by atoms with Crippen LogP contribution in [0.15, 0.2) is 30.3 Å². The minimum absolute atomic E-state index is 0. The van der Waals surface area contributed by atoms with E-state index in [9.17, 15) is 4.79 Å². The fourth-order valence-electron chi connectivity index (χ4n) is 2.85. The van der Waals surface area contributed by atoms with Crippen LogP contribution >= 0.6 is 12.4 Å². The van der Waals surface area contributed by atoms with E-state index in [0.717, 1.165) is 38.9 Å². The van der Waals surface area contributed by atoms with Gasteiger partial charge in [-0.1, -0.05) is 18.2 Å². The molecule has 1 aromatic carbocycles. The van der Waals surface area contributed by atoms with Crippen LogP contribution in [0.25, 0.3) is 0 Å². The minimum atomic E-state index is 0. The van der Waals surface area contributed by atoms with E-state index >= 15 is 0 Å². The summed E-state index contributed by atoms with van der Waals surface area (Å²) in [7, 11) is 2.09. The molecule has 0 spiro atoms. The van der Waals surface area contributed by atoms with E-state index in [1.807, 2.05) is 18.2 Å². The summed E-state index contributed by atoms with van der Waals surface area (Å²) in [6.45, 7) is 4.81. The molecule has 1 aliphatic heterocycles. The van der Waals surface area contributed by atoms with Crippen molar-refractivity contribution in [1.82, 2.24) is 10.6 Å². The summed E-state index contributed by atoms with van der Waals surface area (Å²) in [5, 5.41) is 6.47. The predicted octanol–water partition coefficient (Wildman–Crippen LogP) is 2.44. The monoisotopic (exact) mass is 325 g/mol. The summed E-state index contributed by atoms with van der Waals surface area (Å²) >= 11 is 0. The van der Waals surface area contributed by atoms with Crippen molar-refractivity contribution < 1.29 is 4.79 Å². The van der Waals surface area contributed by atoms with E-state index < -0.39 is 0 Å². The number of nitrogens with zero attached hydrogens (tertiary/aromatic N) is 1. The molecule has 1 amide bonds. The van der Waals surface area contributed by atoms with Crippen LogP contribution in [-0.2, 0) is 4.79 Å². The Morgan fingerprint density at radius 1 is 1.36 bits per heavy atom. The Bertz CT molecular complexity index is 441. The highest BCUT2D eigenvalue weighted by atomic mass is 35.5. The maximum absolute atomic E-state index is 12.1. The Morgan fingerprint density at radius 3 is 2.77 bits per heavy atom. The largest absolute Gasteiger partial charge is 0.375 e. The second-order valence-electron chi connectivity index (χ2n) is 5.98. The van der Waals surface area contributed by atoms with Crippen molar-refractivity contribution in [2.45, 2.75) is 32.2 Å². The van der Waals surface area contributed by atoms with E-state index in [2.05, 4.69) is 41.6 Å². The van der Waals surface area contributed by atoms with E-state index in [1.165, 1.54) is 5.69 Å². The van der Waals surface area contributed by atoms with Crippen molar-refractivity contribution in [2.24, 2.45) is 5.92 Å². The van der Waals surface area contributed by atoms with Crippen molar-refractivity contribution in [1.29, 1.82) is 0 Å². The third-order valence-corrected chi connectivity index (χ3v) is 4.16. The summed E-state index contributed by atoms with van der Waals surface area (Å²) in [6.07, 6.45) is 2.88. The van der Waals surface area contributed by atoms with Crippen molar-refractivity contribution in [3.63, 3.8) is 0 Å². The van der Waals surface area contributed by atoms with E-state index in [1.54, 1.807) is 0 Å². The van der Waals surface area contributed by atoms with Crippen molar-refractivity contribution >= 4 is 24.0 Å². The smallest absolute Gasteiger partial charge is 0.223 e. The lowest BCUT2D eigenvalue weighted by Gasteiger charge is -2.27. The molecule has 0 bridgehead atoms. The first-order valence-corrected chi connectivity index (χ1v) is 7.94. The zero-order valence-corrected chi connectivity index (χ0v) is 14.4.